The Morgan fingerprint density at radius 3 is 2.60 bits per heavy atom. The molecule has 2 aliphatic rings. The van der Waals surface area contributed by atoms with E-state index in [0.29, 0.717) is 13.0 Å². The molecule has 0 saturated carbocycles. The smallest absolute Gasteiger partial charge is 0.236 e. The summed E-state index contributed by atoms with van der Waals surface area (Å²) in [6.07, 6.45) is 4.25. The molecule has 3 heterocycles. The molecule has 3 N–H and O–H groups in total. The van der Waals surface area contributed by atoms with Gasteiger partial charge in [0.05, 0.1) is 24.4 Å². The van der Waals surface area contributed by atoms with Gasteiger partial charge in [-0.05, 0) is 24.8 Å². The van der Waals surface area contributed by atoms with Crippen molar-refractivity contribution >= 4 is 30.7 Å². The van der Waals surface area contributed by atoms with Gasteiger partial charge in [0, 0.05) is 38.8 Å². The van der Waals surface area contributed by atoms with Crippen molar-refractivity contribution in [1.29, 1.82) is 0 Å². The average molecular weight is 457 g/mol. The molecule has 2 aromatic rings. The van der Waals surface area contributed by atoms with Gasteiger partial charge in [-0.15, -0.1) is 29.9 Å². The van der Waals surface area contributed by atoms with E-state index >= 15 is 0 Å². The fourth-order valence-electron chi connectivity index (χ4n) is 4.00. The fraction of sp³-hybridized carbons (Fsp3) is 0.550. The van der Waals surface area contributed by atoms with Crippen LogP contribution in [-0.2, 0) is 11.3 Å². The van der Waals surface area contributed by atoms with Crippen molar-refractivity contribution in [3.63, 3.8) is 0 Å². The number of benzene rings is 1. The lowest BCUT2D eigenvalue weighted by atomic mass is 10.1. The first kappa shape index (κ1) is 24.6. The minimum atomic E-state index is -0.169. The molecule has 2 fully saturated rings. The first-order valence-corrected chi connectivity index (χ1v) is 9.99. The lowest BCUT2D eigenvalue weighted by molar-refractivity contribution is -0.122. The first-order valence-electron chi connectivity index (χ1n) is 9.99. The van der Waals surface area contributed by atoms with Crippen molar-refractivity contribution < 1.29 is 9.90 Å². The standard InChI is InChI=1S/C20H28N6O2.2ClH/c1-21-20(28)18-10-16(11-22-18)26-13-19(23-24-26)15-4-2-14(3-5-15)12-25-8-6-17(27)7-9-25;;/h2-5,13,16-18,22,27H,6-12H2,1H3,(H,21,28);2*1H/t16-,18+;;/m1../s1. The number of nitrogens with zero attached hydrogens (tertiary/aromatic N) is 4. The number of hydrogen-bond acceptors (Lipinski definition) is 6. The highest BCUT2D eigenvalue weighted by Gasteiger charge is 2.30. The molecule has 1 aromatic heterocycles. The van der Waals surface area contributed by atoms with E-state index in [9.17, 15) is 9.90 Å². The molecule has 0 spiro atoms. The molecule has 10 heteroatoms. The number of likely N-dealkylation sites (N-methyl/N-ethyl adjacent to an activating group) is 1. The summed E-state index contributed by atoms with van der Waals surface area (Å²) in [6.45, 7) is 3.52. The zero-order valence-electron chi connectivity index (χ0n) is 17.0. The summed E-state index contributed by atoms with van der Waals surface area (Å²) in [5.41, 5.74) is 3.15. The van der Waals surface area contributed by atoms with Crippen LogP contribution in [0.25, 0.3) is 11.3 Å². The topological polar surface area (TPSA) is 95.3 Å². The summed E-state index contributed by atoms with van der Waals surface area (Å²) in [5.74, 6) is 0.0154. The van der Waals surface area contributed by atoms with Crippen LogP contribution in [0.2, 0.25) is 0 Å². The molecule has 1 amide bonds. The maximum absolute atomic E-state index is 11.8. The van der Waals surface area contributed by atoms with E-state index in [-0.39, 0.29) is 48.9 Å². The lowest BCUT2D eigenvalue weighted by Gasteiger charge is -2.29. The van der Waals surface area contributed by atoms with E-state index < -0.39 is 0 Å². The normalized spacial score (nSPS) is 22.2. The molecule has 166 valence electrons. The second-order valence-electron chi connectivity index (χ2n) is 7.75. The van der Waals surface area contributed by atoms with Gasteiger partial charge in [-0.25, -0.2) is 4.68 Å². The molecular weight excluding hydrogens is 427 g/mol. The number of likely N-dealkylation sites (tertiary alicyclic amines) is 1. The van der Waals surface area contributed by atoms with E-state index in [4.69, 9.17) is 0 Å². The Morgan fingerprint density at radius 2 is 1.93 bits per heavy atom. The van der Waals surface area contributed by atoms with E-state index in [0.717, 1.165) is 43.7 Å². The van der Waals surface area contributed by atoms with Crippen molar-refractivity contribution in [1.82, 2.24) is 30.5 Å². The van der Waals surface area contributed by atoms with Crippen LogP contribution < -0.4 is 10.6 Å². The quantitative estimate of drug-likeness (QED) is 0.629. The molecule has 0 aliphatic carbocycles. The Morgan fingerprint density at radius 1 is 1.23 bits per heavy atom. The predicted octanol–water partition coefficient (Wildman–Crippen LogP) is 1.39. The molecule has 0 radical (unpaired) electrons. The number of amides is 1. The molecule has 2 atom stereocenters. The van der Waals surface area contributed by atoms with Crippen LogP contribution in [0.3, 0.4) is 0 Å². The summed E-state index contributed by atoms with van der Waals surface area (Å²) in [6, 6.07) is 8.41. The van der Waals surface area contributed by atoms with Crippen LogP contribution in [0.5, 0.6) is 0 Å². The van der Waals surface area contributed by atoms with Crippen LogP contribution in [-0.4, -0.2) is 69.7 Å². The molecule has 30 heavy (non-hydrogen) atoms. The van der Waals surface area contributed by atoms with Gasteiger partial charge in [0.2, 0.25) is 5.91 Å². The maximum Gasteiger partial charge on any atom is 0.236 e. The maximum atomic E-state index is 11.8. The van der Waals surface area contributed by atoms with E-state index in [1.54, 1.807) is 7.05 Å². The Bertz CT molecular complexity index is 808. The van der Waals surface area contributed by atoms with Crippen molar-refractivity contribution in [3.8, 4) is 11.3 Å². The van der Waals surface area contributed by atoms with E-state index in [1.807, 2.05) is 10.9 Å². The highest BCUT2D eigenvalue weighted by molar-refractivity contribution is 5.85. The number of rotatable bonds is 5. The third-order valence-electron chi connectivity index (χ3n) is 5.77. The first-order chi connectivity index (χ1) is 13.6. The lowest BCUT2D eigenvalue weighted by Crippen LogP contribution is -2.38. The predicted molar refractivity (Wildman–Crippen MR) is 120 cm³/mol. The molecule has 4 rings (SSSR count). The zero-order chi connectivity index (χ0) is 19.5. The van der Waals surface area contributed by atoms with Crippen LogP contribution in [0.4, 0.5) is 0 Å². The van der Waals surface area contributed by atoms with Crippen molar-refractivity contribution in [2.75, 3.05) is 26.7 Å². The SMILES string of the molecule is CNC(=O)[C@@H]1C[C@@H](n2cc(-c3ccc(CN4CCC(O)CC4)cc3)nn2)CN1.Cl.Cl. The van der Waals surface area contributed by atoms with Gasteiger partial charge in [0.25, 0.3) is 0 Å². The second kappa shape index (κ2) is 11.1. The number of piperidine rings is 1. The molecule has 2 aliphatic heterocycles. The molecule has 0 unspecified atom stereocenters. The largest absolute Gasteiger partial charge is 0.393 e. The third kappa shape index (κ3) is 5.70. The summed E-state index contributed by atoms with van der Waals surface area (Å²) in [4.78, 5) is 14.2. The van der Waals surface area contributed by atoms with Gasteiger partial charge in [-0.2, -0.15) is 0 Å². The average Bonchev–Trinajstić information content (AvgIpc) is 3.39. The number of carbonyl (C=O) groups excluding carboxylic acids is 1. The van der Waals surface area contributed by atoms with Crippen LogP contribution in [0.15, 0.2) is 30.5 Å². The zero-order valence-corrected chi connectivity index (χ0v) is 18.7. The number of aliphatic hydroxyl groups excluding tert-OH is 1. The van der Waals surface area contributed by atoms with Gasteiger partial charge in [0.15, 0.2) is 0 Å². The Kier molecular flexibility index (Phi) is 9.06. The van der Waals surface area contributed by atoms with Crippen molar-refractivity contribution in [2.45, 2.75) is 44.0 Å². The Hall–Kier alpha value is -1.71. The highest BCUT2D eigenvalue weighted by Crippen LogP contribution is 2.23. The van der Waals surface area contributed by atoms with E-state index in [1.165, 1.54) is 5.56 Å². The summed E-state index contributed by atoms with van der Waals surface area (Å²) in [5, 5.41) is 24.1. The number of carbonyl (C=O) groups is 1. The molecule has 2 saturated heterocycles. The highest BCUT2D eigenvalue weighted by atomic mass is 35.5. The van der Waals surface area contributed by atoms with Gasteiger partial charge < -0.3 is 15.7 Å². The molecule has 1 aromatic carbocycles. The summed E-state index contributed by atoms with van der Waals surface area (Å²) >= 11 is 0. The number of aromatic nitrogens is 3. The second-order valence-corrected chi connectivity index (χ2v) is 7.75. The minimum Gasteiger partial charge on any atom is -0.393 e. The number of hydrogen-bond donors (Lipinski definition) is 3. The summed E-state index contributed by atoms with van der Waals surface area (Å²) < 4.78 is 1.86. The number of nitrogens with one attached hydrogen (secondary N) is 2. The van der Waals surface area contributed by atoms with Crippen molar-refractivity contribution in [3.05, 3.63) is 36.0 Å². The Balaban J connectivity index is 0.00000160. The minimum absolute atomic E-state index is 0. The van der Waals surface area contributed by atoms with Crippen LogP contribution >= 0.6 is 24.8 Å². The Labute approximate surface area is 189 Å². The number of aliphatic hydroxyl groups is 1. The third-order valence-corrected chi connectivity index (χ3v) is 5.77. The molecule has 8 nitrogen and oxygen atoms in total. The van der Waals surface area contributed by atoms with Crippen LogP contribution in [0, 0.1) is 0 Å². The van der Waals surface area contributed by atoms with Crippen LogP contribution in [0.1, 0.15) is 30.9 Å². The molecule has 0 bridgehead atoms. The van der Waals surface area contributed by atoms with E-state index in [2.05, 4.69) is 50.1 Å². The van der Waals surface area contributed by atoms with Gasteiger partial charge in [-0.3, -0.25) is 9.69 Å². The monoisotopic (exact) mass is 456 g/mol. The van der Waals surface area contributed by atoms with Gasteiger partial charge >= 0.3 is 0 Å². The van der Waals surface area contributed by atoms with Gasteiger partial charge in [0.1, 0.15) is 5.69 Å². The summed E-state index contributed by atoms with van der Waals surface area (Å²) in [7, 11) is 1.66. The van der Waals surface area contributed by atoms with Gasteiger partial charge in [-0.1, -0.05) is 29.5 Å². The molecular formula is C20H30Cl2N6O2. The number of halogens is 2. The van der Waals surface area contributed by atoms with Crippen molar-refractivity contribution in [2.24, 2.45) is 0 Å². The fourth-order valence-corrected chi connectivity index (χ4v) is 4.00.